The molecule has 3 aromatic heterocycles. The lowest BCUT2D eigenvalue weighted by molar-refractivity contribution is 0.102. The van der Waals surface area contributed by atoms with E-state index in [1.807, 2.05) is 72.1 Å². The molecule has 0 aliphatic carbocycles. The average Bonchev–Trinajstić information content (AvgIpc) is 3.42. The van der Waals surface area contributed by atoms with Gasteiger partial charge in [0.25, 0.3) is 5.91 Å². The van der Waals surface area contributed by atoms with E-state index in [0.29, 0.717) is 0 Å². The molecule has 0 bridgehead atoms. The quantitative estimate of drug-likeness (QED) is 0.324. The van der Waals surface area contributed by atoms with Crippen molar-refractivity contribution < 1.29 is 4.79 Å². The van der Waals surface area contributed by atoms with Gasteiger partial charge in [0.15, 0.2) is 0 Å². The number of anilines is 1. The van der Waals surface area contributed by atoms with E-state index in [0.717, 1.165) is 81.4 Å². The Hall–Kier alpha value is -3.94. The van der Waals surface area contributed by atoms with Crippen LogP contribution in [0.2, 0.25) is 0 Å². The number of nitrogens with zero attached hydrogens (tertiary/aromatic N) is 4. The standard InChI is InChI=1S/C29H25N5OS/c1-2-34-15-13-24-22(17-34)27(21-10-3-4-11-23(21)32-24)28(35)31-20-9-7-8-19(16-20)26-18-36-29(33-26)25-12-5-6-14-30-25/h3-12,14,16,18H,2,13,15,17H2,1H3,(H,31,35). The lowest BCUT2D eigenvalue weighted by Gasteiger charge is -2.29. The first-order chi connectivity index (χ1) is 17.7. The Labute approximate surface area is 213 Å². The molecule has 1 aliphatic rings. The third kappa shape index (κ3) is 4.27. The van der Waals surface area contributed by atoms with Crippen LogP contribution in [0.4, 0.5) is 5.69 Å². The first kappa shape index (κ1) is 22.5. The minimum atomic E-state index is -0.104. The first-order valence-corrected chi connectivity index (χ1v) is 13.0. The molecule has 4 heterocycles. The average molecular weight is 492 g/mol. The highest BCUT2D eigenvalue weighted by molar-refractivity contribution is 7.13. The Morgan fingerprint density at radius 1 is 1.03 bits per heavy atom. The number of benzene rings is 2. The van der Waals surface area contributed by atoms with Gasteiger partial charge in [0.2, 0.25) is 0 Å². The van der Waals surface area contributed by atoms with Crippen molar-refractivity contribution >= 4 is 33.8 Å². The van der Waals surface area contributed by atoms with E-state index in [9.17, 15) is 4.79 Å². The fourth-order valence-corrected chi connectivity index (χ4v) is 5.54. The molecule has 7 heteroatoms. The number of fused-ring (bicyclic) bond motifs is 2. The van der Waals surface area contributed by atoms with E-state index >= 15 is 0 Å². The summed E-state index contributed by atoms with van der Waals surface area (Å²) in [6.45, 7) is 4.81. The van der Waals surface area contributed by atoms with Crippen LogP contribution in [-0.2, 0) is 13.0 Å². The maximum absolute atomic E-state index is 13.8. The molecule has 0 atom stereocenters. The molecule has 178 valence electrons. The number of carbonyl (C=O) groups excluding carboxylic acids is 1. The van der Waals surface area contributed by atoms with Crippen LogP contribution in [0.5, 0.6) is 0 Å². The number of thiazole rings is 1. The SMILES string of the molecule is CCN1CCc2nc3ccccc3c(C(=O)Nc3cccc(-c4csc(-c5ccccn5)n4)c3)c2C1. The molecule has 0 radical (unpaired) electrons. The number of hydrogen-bond donors (Lipinski definition) is 1. The summed E-state index contributed by atoms with van der Waals surface area (Å²) in [4.78, 5) is 30.2. The van der Waals surface area contributed by atoms with Gasteiger partial charge in [0, 0.05) is 59.0 Å². The van der Waals surface area contributed by atoms with Crippen molar-refractivity contribution in [1.29, 1.82) is 0 Å². The Balaban J connectivity index is 1.33. The number of para-hydroxylation sites is 1. The van der Waals surface area contributed by atoms with Gasteiger partial charge in [-0.1, -0.05) is 43.3 Å². The fourth-order valence-electron chi connectivity index (χ4n) is 4.74. The Bertz CT molecular complexity index is 1560. The van der Waals surface area contributed by atoms with Gasteiger partial charge in [0.05, 0.1) is 22.5 Å². The summed E-state index contributed by atoms with van der Waals surface area (Å²) < 4.78 is 0. The zero-order valence-corrected chi connectivity index (χ0v) is 20.8. The summed E-state index contributed by atoms with van der Waals surface area (Å²) in [6.07, 6.45) is 2.63. The van der Waals surface area contributed by atoms with Gasteiger partial charge < -0.3 is 5.32 Å². The van der Waals surface area contributed by atoms with Gasteiger partial charge in [-0.15, -0.1) is 11.3 Å². The second-order valence-corrected chi connectivity index (χ2v) is 9.69. The maximum Gasteiger partial charge on any atom is 0.256 e. The van der Waals surface area contributed by atoms with Gasteiger partial charge in [0.1, 0.15) is 5.01 Å². The number of carbonyl (C=O) groups is 1. The largest absolute Gasteiger partial charge is 0.322 e. The van der Waals surface area contributed by atoms with Gasteiger partial charge in [-0.25, -0.2) is 4.98 Å². The third-order valence-electron chi connectivity index (χ3n) is 6.60. The maximum atomic E-state index is 13.8. The number of amides is 1. The molecule has 1 amide bonds. The van der Waals surface area contributed by atoms with Crippen molar-refractivity contribution in [2.24, 2.45) is 0 Å². The van der Waals surface area contributed by atoms with E-state index in [-0.39, 0.29) is 5.91 Å². The number of aromatic nitrogens is 3. The van der Waals surface area contributed by atoms with Crippen molar-refractivity contribution in [3.05, 3.63) is 95.1 Å². The van der Waals surface area contributed by atoms with Crippen LogP contribution in [0, 0.1) is 0 Å². The van der Waals surface area contributed by atoms with Gasteiger partial charge in [-0.3, -0.25) is 19.7 Å². The molecule has 0 fully saturated rings. The third-order valence-corrected chi connectivity index (χ3v) is 7.47. The van der Waals surface area contributed by atoms with E-state index in [1.54, 1.807) is 17.5 Å². The lowest BCUT2D eigenvalue weighted by Crippen LogP contribution is -2.33. The van der Waals surface area contributed by atoms with Crippen molar-refractivity contribution in [2.45, 2.75) is 19.9 Å². The summed E-state index contributed by atoms with van der Waals surface area (Å²) in [6, 6.07) is 21.6. The van der Waals surface area contributed by atoms with Crippen LogP contribution in [-0.4, -0.2) is 38.8 Å². The molecule has 0 saturated carbocycles. The normalized spacial score (nSPS) is 13.5. The van der Waals surface area contributed by atoms with Crippen LogP contribution < -0.4 is 5.32 Å². The van der Waals surface area contributed by atoms with Crippen molar-refractivity contribution in [2.75, 3.05) is 18.4 Å². The minimum Gasteiger partial charge on any atom is -0.322 e. The molecule has 36 heavy (non-hydrogen) atoms. The molecule has 0 unspecified atom stereocenters. The second-order valence-electron chi connectivity index (χ2n) is 8.84. The molecule has 2 aromatic carbocycles. The van der Waals surface area contributed by atoms with Crippen LogP contribution in [0.3, 0.4) is 0 Å². The zero-order chi connectivity index (χ0) is 24.5. The van der Waals surface area contributed by atoms with E-state index in [4.69, 9.17) is 9.97 Å². The predicted octanol–water partition coefficient (Wildman–Crippen LogP) is 6.05. The van der Waals surface area contributed by atoms with E-state index in [2.05, 4.69) is 22.1 Å². The Morgan fingerprint density at radius 2 is 1.92 bits per heavy atom. The van der Waals surface area contributed by atoms with E-state index < -0.39 is 0 Å². The highest BCUT2D eigenvalue weighted by atomic mass is 32.1. The monoisotopic (exact) mass is 491 g/mol. The van der Waals surface area contributed by atoms with Crippen molar-refractivity contribution in [1.82, 2.24) is 19.9 Å². The molecule has 5 aromatic rings. The summed E-state index contributed by atoms with van der Waals surface area (Å²) in [7, 11) is 0. The summed E-state index contributed by atoms with van der Waals surface area (Å²) in [5.74, 6) is -0.104. The number of likely N-dealkylation sites (N-methyl/N-ethyl adjacent to an activating group) is 1. The first-order valence-electron chi connectivity index (χ1n) is 12.1. The summed E-state index contributed by atoms with van der Waals surface area (Å²) >= 11 is 1.56. The molecule has 0 saturated heterocycles. The number of nitrogens with one attached hydrogen (secondary N) is 1. The van der Waals surface area contributed by atoms with Crippen LogP contribution in [0.25, 0.3) is 32.9 Å². The lowest BCUT2D eigenvalue weighted by atomic mass is 9.95. The number of rotatable bonds is 5. The highest BCUT2D eigenvalue weighted by Gasteiger charge is 2.25. The molecule has 1 aliphatic heterocycles. The summed E-state index contributed by atoms with van der Waals surface area (Å²) in [5, 5.41) is 6.95. The van der Waals surface area contributed by atoms with E-state index in [1.165, 1.54) is 0 Å². The minimum absolute atomic E-state index is 0.104. The molecule has 1 N–H and O–H groups in total. The smallest absolute Gasteiger partial charge is 0.256 e. The molecule has 6 nitrogen and oxygen atoms in total. The van der Waals surface area contributed by atoms with Gasteiger partial charge >= 0.3 is 0 Å². The van der Waals surface area contributed by atoms with Gasteiger partial charge in [-0.05, 0) is 36.9 Å². The number of pyridine rings is 2. The van der Waals surface area contributed by atoms with Crippen LogP contribution in [0.15, 0.2) is 78.3 Å². The van der Waals surface area contributed by atoms with Crippen molar-refractivity contribution in [3.8, 4) is 22.0 Å². The fraction of sp³-hybridized carbons (Fsp3) is 0.172. The summed E-state index contributed by atoms with van der Waals surface area (Å²) in [5.41, 5.74) is 7.06. The predicted molar refractivity (Wildman–Crippen MR) is 145 cm³/mol. The van der Waals surface area contributed by atoms with Gasteiger partial charge in [-0.2, -0.15) is 0 Å². The Morgan fingerprint density at radius 3 is 2.78 bits per heavy atom. The second kappa shape index (κ2) is 9.60. The van der Waals surface area contributed by atoms with Crippen LogP contribution in [0.1, 0.15) is 28.5 Å². The molecule has 0 spiro atoms. The highest BCUT2D eigenvalue weighted by Crippen LogP contribution is 2.31. The van der Waals surface area contributed by atoms with Crippen molar-refractivity contribution in [3.63, 3.8) is 0 Å². The topological polar surface area (TPSA) is 71.0 Å². The molecular formula is C29H25N5OS. The molecule has 6 rings (SSSR count). The Kier molecular flexibility index (Phi) is 6.01. The number of hydrogen-bond acceptors (Lipinski definition) is 6. The molecular weight excluding hydrogens is 466 g/mol. The zero-order valence-electron chi connectivity index (χ0n) is 19.9. The van der Waals surface area contributed by atoms with Crippen LogP contribution >= 0.6 is 11.3 Å².